The fourth-order valence-corrected chi connectivity index (χ4v) is 1.92. The molecule has 0 aliphatic carbocycles. The van der Waals surface area contributed by atoms with Crippen molar-refractivity contribution in [3.8, 4) is 0 Å². The summed E-state index contributed by atoms with van der Waals surface area (Å²) in [5.41, 5.74) is 5.55. The van der Waals surface area contributed by atoms with Crippen molar-refractivity contribution in [1.29, 1.82) is 0 Å². The Hall–Kier alpha value is -2.28. The molecule has 1 heterocycles. The predicted octanol–water partition coefficient (Wildman–Crippen LogP) is 0.240. The number of halogens is 1. The molecule has 106 valence electrons. The molecule has 1 atom stereocenters. The number of nitrogens with two attached hydrogens (primary N) is 1. The number of anilines is 1. The van der Waals surface area contributed by atoms with Gasteiger partial charge in [-0.15, -0.1) is 0 Å². The lowest BCUT2D eigenvalue weighted by atomic mass is 10.1. The van der Waals surface area contributed by atoms with Crippen LogP contribution in [-0.2, 0) is 14.4 Å². The number of rotatable bonds is 3. The molecule has 2 rings (SSSR count). The van der Waals surface area contributed by atoms with E-state index in [1.807, 2.05) is 0 Å². The average Bonchev–Trinajstić information content (AvgIpc) is 2.42. The van der Waals surface area contributed by atoms with E-state index in [0.717, 1.165) is 4.90 Å². The maximum absolute atomic E-state index is 13.4. The van der Waals surface area contributed by atoms with Crippen molar-refractivity contribution < 1.29 is 18.8 Å². The molecule has 0 saturated carbocycles. The third-order valence-electron chi connectivity index (χ3n) is 3.00. The van der Waals surface area contributed by atoms with Crippen LogP contribution in [-0.4, -0.2) is 35.2 Å². The summed E-state index contributed by atoms with van der Waals surface area (Å²) in [6.45, 7) is -0.459. The van der Waals surface area contributed by atoms with Crippen LogP contribution in [0.5, 0.6) is 0 Å². The highest BCUT2D eigenvalue weighted by molar-refractivity contribution is 6.05. The second kappa shape index (κ2) is 5.79. The van der Waals surface area contributed by atoms with Gasteiger partial charge >= 0.3 is 0 Å². The highest BCUT2D eigenvalue weighted by Crippen LogP contribution is 2.14. The number of imide groups is 1. The van der Waals surface area contributed by atoms with Crippen molar-refractivity contribution in [3.63, 3.8) is 0 Å². The topological polar surface area (TPSA) is 92.5 Å². The Balaban J connectivity index is 2.02. The first-order chi connectivity index (χ1) is 9.49. The lowest BCUT2D eigenvalue weighted by molar-refractivity contribution is -0.151. The number of hydrogen-bond acceptors (Lipinski definition) is 4. The van der Waals surface area contributed by atoms with Gasteiger partial charge in [-0.1, -0.05) is 12.1 Å². The Morgan fingerprint density at radius 2 is 2.10 bits per heavy atom. The number of carbonyl (C=O) groups is 3. The van der Waals surface area contributed by atoms with Crippen molar-refractivity contribution in [2.45, 2.75) is 18.9 Å². The quantitative estimate of drug-likeness (QED) is 0.775. The smallest absolute Gasteiger partial charge is 0.246 e. The average molecular weight is 279 g/mol. The normalized spacial score (nSPS) is 19.1. The van der Waals surface area contributed by atoms with Crippen molar-refractivity contribution in [1.82, 2.24) is 4.90 Å². The molecule has 1 aliphatic heterocycles. The van der Waals surface area contributed by atoms with Crippen LogP contribution in [0.1, 0.15) is 12.8 Å². The SMILES string of the molecule is NC1CCC(=O)N(CC(=O)Nc2ccccc2F)C1=O. The Kier molecular flexibility index (Phi) is 4.09. The van der Waals surface area contributed by atoms with Gasteiger partial charge in [0.15, 0.2) is 0 Å². The molecule has 7 heteroatoms. The highest BCUT2D eigenvalue weighted by atomic mass is 19.1. The number of amides is 3. The molecular formula is C13H14FN3O3. The molecule has 1 unspecified atom stereocenters. The highest BCUT2D eigenvalue weighted by Gasteiger charge is 2.33. The minimum Gasteiger partial charge on any atom is -0.322 e. The van der Waals surface area contributed by atoms with Crippen molar-refractivity contribution >= 4 is 23.4 Å². The van der Waals surface area contributed by atoms with Gasteiger partial charge in [0, 0.05) is 6.42 Å². The van der Waals surface area contributed by atoms with Crippen LogP contribution in [0.25, 0.3) is 0 Å². The Labute approximate surface area is 114 Å². The molecule has 3 amide bonds. The van der Waals surface area contributed by atoms with Crippen molar-refractivity contribution in [2.24, 2.45) is 5.73 Å². The molecule has 1 saturated heterocycles. The number of benzene rings is 1. The fourth-order valence-electron chi connectivity index (χ4n) is 1.92. The zero-order chi connectivity index (χ0) is 14.7. The van der Waals surface area contributed by atoms with Gasteiger partial charge in [-0.3, -0.25) is 19.3 Å². The minimum atomic E-state index is -0.769. The summed E-state index contributed by atoms with van der Waals surface area (Å²) in [4.78, 5) is 35.9. The molecule has 0 aromatic heterocycles. The monoisotopic (exact) mass is 279 g/mol. The van der Waals surface area contributed by atoms with Crippen LogP contribution in [0, 0.1) is 5.82 Å². The number of carbonyl (C=O) groups excluding carboxylic acids is 3. The van der Waals surface area contributed by atoms with Crippen LogP contribution in [0.3, 0.4) is 0 Å². The van der Waals surface area contributed by atoms with Gasteiger partial charge in [0.2, 0.25) is 17.7 Å². The first kappa shape index (κ1) is 14.1. The number of nitrogens with zero attached hydrogens (tertiary/aromatic N) is 1. The summed E-state index contributed by atoms with van der Waals surface area (Å²) in [5, 5.41) is 2.31. The maximum atomic E-state index is 13.4. The summed E-state index contributed by atoms with van der Waals surface area (Å²) < 4.78 is 13.4. The zero-order valence-electron chi connectivity index (χ0n) is 10.6. The fraction of sp³-hybridized carbons (Fsp3) is 0.308. The molecule has 1 aromatic carbocycles. The van der Waals surface area contributed by atoms with Crippen LogP contribution < -0.4 is 11.1 Å². The number of hydrogen-bond donors (Lipinski definition) is 2. The first-order valence-corrected chi connectivity index (χ1v) is 6.13. The van der Waals surface area contributed by atoms with Crippen molar-refractivity contribution in [2.75, 3.05) is 11.9 Å². The largest absolute Gasteiger partial charge is 0.322 e. The van der Waals surface area contributed by atoms with E-state index in [-0.39, 0.29) is 18.5 Å². The predicted molar refractivity (Wildman–Crippen MR) is 69.0 cm³/mol. The minimum absolute atomic E-state index is 0.00120. The van der Waals surface area contributed by atoms with E-state index in [9.17, 15) is 18.8 Å². The first-order valence-electron chi connectivity index (χ1n) is 6.13. The van der Waals surface area contributed by atoms with Crippen LogP contribution in [0.15, 0.2) is 24.3 Å². The zero-order valence-corrected chi connectivity index (χ0v) is 10.6. The number of likely N-dealkylation sites (tertiary alicyclic amines) is 1. The standard InChI is InChI=1S/C13H14FN3O3/c14-8-3-1-2-4-10(8)16-11(18)7-17-12(19)6-5-9(15)13(17)20/h1-4,9H,5-7,15H2,(H,16,18). The number of nitrogens with one attached hydrogen (secondary N) is 1. The van der Waals surface area contributed by atoms with E-state index in [4.69, 9.17) is 5.73 Å². The van der Waals surface area contributed by atoms with Gasteiger partial charge < -0.3 is 11.1 Å². The Morgan fingerprint density at radius 3 is 2.80 bits per heavy atom. The van der Waals surface area contributed by atoms with Crippen LogP contribution in [0.2, 0.25) is 0 Å². The maximum Gasteiger partial charge on any atom is 0.246 e. The number of para-hydroxylation sites is 1. The molecule has 20 heavy (non-hydrogen) atoms. The second-order valence-electron chi connectivity index (χ2n) is 4.49. The molecular weight excluding hydrogens is 265 g/mol. The third kappa shape index (κ3) is 3.00. The molecule has 1 aliphatic rings. The van der Waals surface area contributed by atoms with Gasteiger partial charge in [0.1, 0.15) is 12.4 Å². The van der Waals surface area contributed by atoms with E-state index in [0.29, 0.717) is 0 Å². The van der Waals surface area contributed by atoms with Crippen molar-refractivity contribution in [3.05, 3.63) is 30.1 Å². The molecule has 1 fully saturated rings. The molecule has 0 bridgehead atoms. The lowest BCUT2D eigenvalue weighted by Crippen LogP contribution is -2.53. The molecule has 6 nitrogen and oxygen atoms in total. The molecule has 1 aromatic rings. The van der Waals surface area contributed by atoms with E-state index >= 15 is 0 Å². The van der Waals surface area contributed by atoms with E-state index in [1.54, 1.807) is 6.07 Å². The van der Waals surface area contributed by atoms with Crippen LogP contribution in [0.4, 0.5) is 10.1 Å². The Bertz CT molecular complexity index is 562. The summed E-state index contributed by atoms with van der Waals surface area (Å²) in [6.07, 6.45) is 0.406. The summed E-state index contributed by atoms with van der Waals surface area (Å²) in [7, 11) is 0. The molecule has 0 radical (unpaired) electrons. The van der Waals surface area contributed by atoms with Gasteiger partial charge in [-0.05, 0) is 18.6 Å². The summed E-state index contributed by atoms with van der Waals surface area (Å²) >= 11 is 0. The van der Waals surface area contributed by atoms with Gasteiger partial charge in [-0.2, -0.15) is 0 Å². The summed E-state index contributed by atoms with van der Waals surface area (Å²) in [5.74, 6) is -2.26. The van der Waals surface area contributed by atoms with E-state index in [1.165, 1.54) is 18.2 Å². The van der Waals surface area contributed by atoms with Gasteiger partial charge in [0.25, 0.3) is 0 Å². The van der Waals surface area contributed by atoms with Gasteiger partial charge in [0.05, 0.1) is 11.7 Å². The number of piperidine rings is 1. The van der Waals surface area contributed by atoms with Gasteiger partial charge in [-0.25, -0.2) is 4.39 Å². The summed E-state index contributed by atoms with van der Waals surface area (Å²) in [6, 6.07) is 4.86. The second-order valence-corrected chi connectivity index (χ2v) is 4.49. The van der Waals surface area contributed by atoms with E-state index in [2.05, 4.69) is 5.32 Å². The molecule has 3 N–H and O–H groups in total. The molecule has 0 spiro atoms. The van der Waals surface area contributed by atoms with Crippen LogP contribution >= 0.6 is 0 Å². The third-order valence-corrected chi connectivity index (χ3v) is 3.00. The Morgan fingerprint density at radius 1 is 1.40 bits per heavy atom. The lowest BCUT2D eigenvalue weighted by Gasteiger charge is -2.28. The van der Waals surface area contributed by atoms with E-state index < -0.39 is 36.1 Å².